The van der Waals surface area contributed by atoms with E-state index in [-0.39, 0.29) is 0 Å². The number of rotatable bonds is 0. The molecule has 0 spiro atoms. The molecule has 0 saturated heterocycles. The second-order valence-electron chi connectivity index (χ2n) is 0.335. The van der Waals surface area contributed by atoms with Gasteiger partial charge in [0.25, 0.3) is 0 Å². The molecule has 0 bridgehead atoms. The normalized spacial score (nSPS) is 4.00. The van der Waals surface area contributed by atoms with E-state index in [0.29, 0.717) is 0 Å². The molecule has 0 aromatic rings. The van der Waals surface area contributed by atoms with Gasteiger partial charge in [-0.05, 0) is 0 Å². The Morgan fingerprint density at radius 2 is 2.25 bits per heavy atom. The van der Waals surface area contributed by atoms with Gasteiger partial charge in [-0.3, -0.25) is 0 Å². The summed E-state index contributed by atoms with van der Waals surface area (Å²) in [6, 6.07) is 0. The summed E-state index contributed by atoms with van der Waals surface area (Å²) < 4.78 is 0. The molecule has 0 unspecified atom stereocenters. The van der Waals surface area contributed by atoms with Gasteiger partial charge < -0.3 is 0 Å². The molecule has 0 aromatic carbocycles. The molecular weight excluding hydrogens is 52.0 g/mol. The Labute approximate surface area is 25.2 Å². The average Bonchev–Trinajstić information content (AvgIpc) is 1.37. The molecule has 4 heavy (non-hydrogen) atoms. The van der Waals surface area contributed by atoms with Gasteiger partial charge in [-0.2, -0.15) is 11.5 Å². The molecule has 22 valence electrons. The fraction of sp³-hybridized carbons (Fsp3) is 0.500. The van der Waals surface area contributed by atoms with Crippen LogP contribution in [0.5, 0.6) is 0 Å². The first-order valence-electron chi connectivity index (χ1n) is 0.947. The Hall–Kier alpha value is -0.710. The van der Waals surface area contributed by atoms with Gasteiger partial charge in [-0.25, -0.2) is 0 Å². The van der Waals surface area contributed by atoms with Gasteiger partial charge in [0.05, 0.1) is 7.05 Å². The molecular formula is C2H4N2. The molecule has 0 aliphatic heterocycles. The lowest BCUT2D eigenvalue weighted by Gasteiger charge is -1.58. The van der Waals surface area contributed by atoms with Crippen LogP contribution >= 0.6 is 0 Å². The van der Waals surface area contributed by atoms with Crippen molar-refractivity contribution in [1.29, 1.82) is 0 Å². The summed E-state index contributed by atoms with van der Waals surface area (Å²) in [5.74, 6) is 0. The maximum atomic E-state index is 5.97. The van der Waals surface area contributed by atoms with Crippen LogP contribution in [0.2, 0.25) is 0 Å². The summed E-state index contributed by atoms with van der Waals surface area (Å²) >= 11 is 0. The highest BCUT2D eigenvalue weighted by molar-refractivity contribution is 4.33. The smallest absolute Gasteiger partial charge is 0.0721 e. The fourth-order valence-corrected chi connectivity index (χ4v) is 0. The van der Waals surface area contributed by atoms with Crippen molar-refractivity contribution in [3.63, 3.8) is 0 Å². The van der Waals surface area contributed by atoms with Gasteiger partial charge in [0.2, 0.25) is 0 Å². The Kier molecular flexibility index (Phi) is 1.88. The lowest BCUT2D eigenvalue weighted by Crippen LogP contribution is -1.83. The zero-order chi connectivity index (χ0) is 3.41. The summed E-state index contributed by atoms with van der Waals surface area (Å²) in [6.07, 6.45) is 0. The highest BCUT2D eigenvalue weighted by Gasteiger charge is 1.39. The first kappa shape index (κ1) is 3.29. The number of nitrogens with zero attached hydrogens (tertiary/aromatic N) is 1. The third-order valence-corrected chi connectivity index (χ3v) is 0.112. The monoisotopic (exact) mass is 56.0 g/mol. The van der Waals surface area contributed by atoms with Crippen molar-refractivity contribution in [2.24, 2.45) is 0 Å². The largest absolute Gasteiger partial charge is 0.185 e. The van der Waals surface area contributed by atoms with E-state index in [1.54, 1.807) is 7.05 Å². The molecule has 0 fully saturated rings. The van der Waals surface area contributed by atoms with Gasteiger partial charge in [0.15, 0.2) is 0 Å². The third-order valence-electron chi connectivity index (χ3n) is 0.112. The van der Waals surface area contributed by atoms with Crippen molar-refractivity contribution in [2.75, 3.05) is 7.05 Å². The minimum Gasteiger partial charge on any atom is -0.185 e. The lowest BCUT2D eigenvalue weighted by molar-refractivity contribution is 1.10. The number of nitrogens with one attached hydrogen (secondary N) is 1. The van der Waals surface area contributed by atoms with E-state index >= 15 is 0 Å². The Bertz CT molecular complexity index is 33.8. The molecule has 1 N–H and O–H groups in total. The van der Waals surface area contributed by atoms with E-state index in [1.807, 2.05) is 0 Å². The zero-order valence-corrected chi connectivity index (χ0v) is 2.45. The molecule has 0 rings (SSSR count). The molecule has 0 saturated carbocycles. The van der Waals surface area contributed by atoms with Gasteiger partial charge in [-0.15, -0.1) is 5.43 Å². The molecule has 0 aliphatic carbocycles. The zero-order valence-electron chi connectivity index (χ0n) is 2.45. The van der Waals surface area contributed by atoms with Crippen molar-refractivity contribution in [1.82, 2.24) is 5.43 Å². The second kappa shape index (κ2) is 2.29. The van der Waals surface area contributed by atoms with E-state index in [0.717, 1.165) is 0 Å². The predicted molar refractivity (Wildman–Crippen MR) is 15.7 cm³/mol. The molecule has 0 radical (unpaired) electrons. The highest BCUT2D eigenvalue weighted by Crippen LogP contribution is 1.30. The van der Waals surface area contributed by atoms with Crippen molar-refractivity contribution < 1.29 is 0 Å². The van der Waals surface area contributed by atoms with Crippen LogP contribution in [0.1, 0.15) is 0 Å². The Balaban J connectivity index is 2.43. The highest BCUT2D eigenvalue weighted by atomic mass is 15.2. The predicted octanol–water partition coefficient (Wildman–Crippen LogP) is 0.0401. The van der Waals surface area contributed by atoms with Crippen LogP contribution in [0.3, 0.4) is 0 Å². The van der Waals surface area contributed by atoms with E-state index in [2.05, 4.69) is 10.4 Å². The van der Waals surface area contributed by atoms with Crippen molar-refractivity contribution in [2.45, 2.75) is 0 Å². The summed E-state index contributed by atoms with van der Waals surface area (Å²) in [5.41, 5.74) is 2.22. The minimum atomic E-state index is 1.58. The molecule has 2 nitrogen and oxygen atoms in total. The van der Waals surface area contributed by atoms with Crippen LogP contribution in [0.25, 0.3) is 4.95 Å². The maximum absolute atomic E-state index is 5.97. The van der Waals surface area contributed by atoms with E-state index < -0.39 is 0 Å². The lowest BCUT2D eigenvalue weighted by atomic mass is 11.5. The molecule has 0 amide bonds. The molecule has 2 heteroatoms. The standard InChI is InChI=1S/C2H4N2/c1-3-4-2/h3H,1H3. The fourth-order valence-electron chi connectivity index (χ4n) is 0. The quantitative estimate of drug-likeness (QED) is 0.306. The average molecular weight is 56.1 g/mol. The third kappa shape index (κ3) is 1.29. The Morgan fingerprint density at radius 3 is 2.25 bits per heavy atom. The summed E-state index contributed by atoms with van der Waals surface area (Å²) in [4.78, 5) is 2.74. The van der Waals surface area contributed by atoms with Crippen LogP contribution in [0.4, 0.5) is 0 Å². The second-order valence-corrected chi connectivity index (χ2v) is 0.335. The van der Waals surface area contributed by atoms with Crippen molar-refractivity contribution >= 4 is 0 Å². The van der Waals surface area contributed by atoms with Gasteiger partial charge in [-0.1, -0.05) is 0 Å². The minimum absolute atomic E-state index is 1.58. The SMILES string of the molecule is [C-]#[N+]NC. The van der Waals surface area contributed by atoms with Crippen LogP contribution in [-0.2, 0) is 0 Å². The van der Waals surface area contributed by atoms with E-state index in [9.17, 15) is 0 Å². The van der Waals surface area contributed by atoms with Gasteiger partial charge in [0.1, 0.15) is 0 Å². The molecule has 0 aliphatic rings. The first-order valence-corrected chi connectivity index (χ1v) is 0.947. The van der Waals surface area contributed by atoms with Crippen LogP contribution < -0.4 is 5.43 Å². The van der Waals surface area contributed by atoms with Crippen LogP contribution in [-0.4, -0.2) is 7.05 Å². The maximum Gasteiger partial charge on any atom is 0.0721 e. The summed E-state index contributed by atoms with van der Waals surface area (Å²) in [5, 5.41) is 0. The molecule has 0 heterocycles. The van der Waals surface area contributed by atoms with Crippen LogP contribution in [0.15, 0.2) is 0 Å². The van der Waals surface area contributed by atoms with Gasteiger partial charge >= 0.3 is 0 Å². The van der Waals surface area contributed by atoms with E-state index in [1.165, 1.54) is 0 Å². The van der Waals surface area contributed by atoms with Gasteiger partial charge in [0, 0.05) is 0 Å². The molecule has 0 aromatic heterocycles. The number of hydrogen-bond acceptors (Lipinski definition) is 1. The van der Waals surface area contributed by atoms with E-state index in [4.69, 9.17) is 6.57 Å². The Morgan fingerprint density at radius 1 is 2.00 bits per heavy atom. The number of hydrogen-bond donors (Lipinski definition) is 1. The topological polar surface area (TPSA) is 16.4 Å². The van der Waals surface area contributed by atoms with Crippen LogP contribution in [0, 0.1) is 6.57 Å². The van der Waals surface area contributed by atoms with Crippen molar-refractivity contribution in [3.05, 3.63) is 11.5 Å². The summed E-state index contributed by atoms with van der Waals surface area (Å²) in [7, 11) is 1.58. The molecule has 0 atom stereocenters. The van der Waals surface area contributed by atoms with Crippen molar-refractivity contribution in [3.8, 4) is 0 Å². The first-order chi connectivity index (χ1) is 1.91. The summed E-state index contributed by atoms with van der Waals surface area (Å²) in [6.45, 7) is 5.97.